The molecule has 0 saturated heterocycles. The summed E-state index contributed by atoms with van der Waals surface area (Å²) in [4.78, 5) is 8.32. The molecule has 0 bridgehead atoms. The van der Waals surface area contributed by atoms with Crippen LogP contribution in [0.4, 0.5) is 5.82 Å². The fraction of sp³-hybridized carbons (Fsp3) is 0.667. The van der Waals surface area contributed by atoms with Gasteiger partial charge in [-0.05, 0) is 32.1 Å². The number of hydrogen-bond donors (Lipinski definition) is 2. The summed E-state index contributed by atoms with van der Waals surface area (Å²) in [5.74, 6) is 0.722. The van der Waals surface area contributed by atoms with Crippen LogP contribution in [0.1, 0.15) is 38.3 Å². The summed E-state index contributed by atoms with van der Waals surface area (Å²) in [6.07, 6.45) is 5.83. The van der Waals surface area contributed by atoms with E-state index in [1.807, 2.05) is 6.92 Å². The van der Waals surface area contributed by atoms with Gasteiger partial charge in [-0.15, -0.1) is 0 Å². The molecule has 2 rings (SSSR count). The van der Waals surface area contributed by atoms with Gasteiger partial charge in [0.2, 0.25) is 0 Å². The van der Waals surface area contributed by atoms with Crippen LogP contribution in [-0.2, 0) is 6.42 Å². The molecule has 1 aliphatic rings. The second-order valence-corrected chi connectivity index (χ2v) is 4.86. The Morgan fingerprint density at radius 2 is 2.06 bits per heavy atom. The average Bonchev–Trinajstić information content (AvgIpc) is 2.35. The lowest BCUT2D eigenvalue weighted by atomic mass is 9.93. The van der Waals surface area contributed by atoms with E-state index in [2.05, 4.69) is 15.3 Å². The van der Waals surface area contributed by atoms with Crippen molar-refractivity contribution in [3.63, 3.8) is 0 Å². The molecule has 0 spiro atoms. The molecule has 0 aliphatic heterocycles. The molecular formula is C12H18ClN3O. The number of rotatable bonds is 3. The van der Waals surface area contributed by atoms with Crippen molar-refractivity contribution in [2.24, 2.45) is 0 Å². The fourth-order valence-corrected chi connectivity index (χ4v) is 2.45. The monoisotopic (exact) mass is 255 g/mol. The summed E-state index contributed by atoms with van der Waals surface area (Å²) in [7, 11) is 0. The molecule has 5 heteroatoms. The highest BCUT2D eigenvalue weighted by Crippen LogP contribution is 2.26. The van der Waals surface area contributed by atoms with Crippen molar-refractivity contribution in [3.8, 4) is 0 Å². The van der Waals surface area contributed by atoms with Gasteiger partial charge in [-0.1, -0.05) is 18.5 Å². The summed E-state index contributed by atoms with van der Waals surface area (Å²) in [6, 6.07) is 0.357. The van der Waals surface area contributed by atoms with E-state index < -0.39 is 0 Å². The zero-order valence-corrected chi connectivity index (χ0v) is 10.7. The quantitative estimate of drug-likeness (QED) is 0.871. The van der Waals surface area contributed by atoms with E-state index in [-0.39, 0.29) is 6.10 Å². The lowest BCUT2D eigenvalue weighted by Gasteiger charge is -2.26. The SMILES string of the molecule is CCc1ncnc(N[C@H]2CC[C@H](O)CC2)c1Cl. The lowest BCUT2D eigenvalue weighted by Crippen LogP contribution is -2.28. The molecule has 1 fully saturated rings. The van der Waals surface area contributed by atoms with Crippen molar-refractivity contribution >= 4 is 17.4 Å². The molecule has 0 amide bonds. The van der Waals surface area contributed by atoms with Gasteiger partial charge in [0.05, 0.1) is 11.8 Å². The Kier molecular flexibility index (Phi) is 4.18. The van der Waals surface area contributed by atoms with Crippen LogP contribution < -0.4 is 5.32 Å². The molecule has 1 aromatic rings. The van der Waals surface area contributed by atoms with Crippen LogP contribution in [0.5, 0.6) is 0 Å². The first-order valence-electron chi connectivity index (χ1n) is 6.14. The molecule has 1 saturated carbocycles. The molecule has 0 radical (unpaired) electrons. The highest BCUT2D eigenvalue weighted by atomic mass is 35.5. The molecule has 1 heterocycles. The predicted octanol–water partition coefficient (Wildman–Crippen LogP) is 2.41. The maximum Gasteiger partial charge on any atom is 0.148 e. The average molecular weight is 256 g/mol. The largest absolute Gasteiger partial charge is 0.393 e. The van der Waals surface area contributed by atoms with Crippen molar-refractivity contribution in [3.05, 3.63) is 17.0 Å². The van der Waals surface area contributed by atoms with Crippen molar-refractivity contribution in [1.29, 1.82) is 0 Å². The Labute approximate surface area is 106 Å². The maximum atomic E-state index is 9.45. The van der Waals surface area contributed by atoms with Crippen LogP contribution in [-0.4, -0.2) is 27.2 Å². The van der Waals surface area contributed by atoms with Crippen LogP contribution in [0.15, 0.2) is 6.33 Å². The third-order valence-corrected chi connectivity index (χ3v) is 3.63. The summed E-state index contributed by atoms with van der Waals surface area (Å²) in [5, 5.41) is 13.4. The molecule has 0 unspecified atom stereocenters. The van der Waals surface area contributed by atoms with E-state index in [0.29, 0.717) is 11.1 Å². The first kappa shape index (κ1) is 12.6. The van der Waals surface area contributed by atoms with E-state index in [4.69, 9.17) is 11.6 Å². The highest BCUT2D eigenvalue weighted by Gasteiger charge is 2.20. The minimum atomic E-state index is -0.139. The maximum absolute atomic E-state index is 9.45. The number of aryl methyl sites for hydroxylation is 1. The highest BCUT2D eigenvalue weighted by molar-refractivity contribution is 6.33. The molecule has 17 heavy (non-hydrogen) atoms. The van der Waals surface area contributed by atoms with E-state index in [0.717, 1.165) is 43.6 Å². The molecule has 0 aromatic carbocycles. The van der Waals surface area contributed by atoms with Crippen LogP contribution >= 0.6 is 11.6 Å². The third kappa shape index (κ3) is 3.07. The zero-order chi connectivity index (χ0) is 12.3. The Hall–Kier alpha value is -0.870. The van der Waals surface area contributed by atoms with Crippen LogP contribution in [0.2, 0.25) is 5.02 Å². The second-order valence-electron chi connectivity index (χ2n) is 4.49. The molecule has 94 valence electrons. The van der Waals surface area contributed by atoms with Gasteiger partial charge in [0.1, 0.15) is 17.2 Å². The van der Waals surface area contributed by atoms with Gasteiger partial charge in [0.25, 0.3) is 0 Å². The Balaban J connectivity index is 2.03. The fourth-order valence-electron chi connectivity index (χ4n) is 2.17. The van der Waals surface area contributed by atoms with Gasteiger partial charge < -0.3 is 10.4 Å². The van der Waals surface area contributed by atoms with Crippen molar-refractivity contribution in [2.75, 3.05) is 5.32 Å². The number of hydrogen-bond acceptors (Lipinski definition) is 4. The first-order valence-corrected chi connectivity index (χ1v) is 6.52. The van der Waals surface area contributed by atoms with Crippen LogP contribution in [0.25, 0.3) is 0 Å². The Morgan fingerprint density at radius 1 is 1.35 bits per heavy atom. The molecular weight excluding hydrogens is 238 g/mol. The minimum Gasteiger partial charge on any atom is -0.393 e. The van der Waals surface area contributed by atoms with Gasteiger partial charge >= 0.3 is 0 Å². The topological polar surface area (TPSA) is 58.0 Å². The zero-order valence-electron chi connectivity index (χ0n) is 9.99. The predicted molar refractivity (Wildman–Crippen MR) is 68.3 cm³/mol. The van der Waals surface area contributed by atoms with E-state index in [9.17, 15) is 5.11 Å². The number of anilines is 1. The van der Waals surface area contributed by atoms with Crippen LogP contribution in [0, 0.1) is 0 Å². The summed E-state index contributed by atoms with van der Waals surface area (Å²) >= 11 is 6.22. The van der Waals surface area contributed by atoms with Gasteiger partial charge in [0, 0.05) is 6.04 Å². The number of halogens is 1. The molecule has 4 nitrogen and oxygen atoms in total. The number of aromatic nitrogens is 2. The van der Waals surface area contributed by atoms with Gasteiger partial charge in [-0.25, -0.2) is 9.97 Å². The number of nitrogens with one attached hydrogen (secondary N) is 1. The van der Waals surface area contributed by atoms with E-state index in [1.165, 1.54) is 0 Å². The summed E-state index contributed by atoms with van der Waals surface area (Å²) < 4.78 is 0. The van der Waals surface area contributed by atoms with Gasteiger partial charge in [-0.3, -0.25) is 0 Å². The lowest BCUT2D eigenvalue weighted by molar-refractivity contribution is 0.126. The second kappa shape index (κ2) is 5.65. The third-order valence-electron chi connectivity index (χ3n) is 3.23. The van der Waals surface area contributed by atoms with Crippen molar-refractivity contribution < 1.29 is 5.11 Å². The van der Waals surface area contributed by atoms with Crippen molar-refractivity contribution in [2.45, 2.75) is 51.2 Å². The van der Waals surface area contributed by atoms with Gasteiger partial charge in [-0.2, -0.15) is 0 Å². The normalized spacial score (nSPS) is 24.6. The number of aliphatic hydroxyl groups is 1. The Bertz CT molecular complexity index is 378. The smallest absolute Gasteiger partial charge is 0.148 e. The van der Waals surface area contributed by atoms with E-state index in [1.54, 1.807) is 6.33 Å². The van der Waals surface area contributed by atoms with E-state index >= 15 is 0 Å². The Morgan fingerprint density at radius 3 is 2.71 bits per heavy atom. The number of nitrogens with zero attached hydrogens (tertiary/aromatic N) is 2. The number of aliphatic hydroxyl groups excluding tert-OH is 1. The van der Waals surface area contributed by atoms with Gasteiger partial charge in [0.15, 0.2) is 0 Å². The standard InChI is InChI=1S/C12H18ClN3O/c1-2-10-11(13)12(15-7-14-10)16-8-3-5-9(17)6-4-8/h7-9,17H,2-6H2,1H3,(H,14,15,16)/t8-,9-. The summed E-state index contributed by atoms with van der Waals surface area (Å²) in [6.45, 7) is 2.02. The van der Waals surface area contributed by atoms with Crippen molar-refractivity contribution in [1.82, 2.24) is 9.97 Å². The molecule has 1 aliphatic carbocycles. The minimum absolute atomic E-state index is 0.139. The summed E-state index contributed by atoms with van der Waals surface area (Å²) in [5.41, 5.74) is 0.875. The van der Waals surface area contributed by atoms with Crippen LogP contribution in [0.3, 0.4) is 0 Å². The molecule has 2 N–H and O–H groups in total. The molecule has 0 atom stereocenters. The molecule has 1 aromatic heterocycles. The first-order chi connectivity index (χ1) is 8.20.